The Balaban J connectivity index is 1.19. The summed E-state index contributed by atoms with van der Waals surface area (Å²) in [5.41, 5.74) is 3.56. The highest BCUT2D eigenvalue weighted by Gasteiger charge is 2.42. The Labute approximate surface area is 179 Å². The smallest absolute Gasteiger partial charge is 0.319 e. The summed E-state index contributed by atoms with van der Waals surface area (Å²) in [5, 5.41) is 10.9. The highest BCUT2D eigenvalue weighted by atomic mass is 16.2. The van der Waals surface area contributed by atoms with Crippen LogP contribution < -0.4 is 10.6 Å². The van der Waals surface area contributed by atoms with Crippen LogP contribution in [0.15, 0.2) is 36.4 Å². The lowest BCUT2D eigenvalue weighted by molar-refractivity contribution is 0.0296. The second-order valence-electron chi connectivity index (χ2n) is 9.34. The summed E-state index contributed by atoms with van der Waals surface area (Å²) < 4.78 is 2.15. The average Bonchev–Trinajstić information content (AvgIpc) is 3.43. The summed E-state index contributed by atoms with van der Waals surface area (Å²) in [7, 11) is 2.12. The molecule has 3 aliphatic heterocycles. The molecular formula is C24H33N5O. The molecule has 4 atom stereocenters. The van der Waals surface area contributed by atoms with E-state index in [4.69, 9.17) is 5.10 Å². The van der Waals surface area contributed by atoms with Crippen molar-refractivity contribution in [2.75, 3.05) is 25.0 Å². The molecule has 6 nitrogen and oxygen atoms in total. The monoisotopic (exact) mass is 407 g/mol. The first kappa shape index (κ1) is 19.6. The van der Waals surface area contributed by atoms with Gasteiger partial charge in [-0.3, -0.25) is 9.58 Å². The van der Waals surface area contributed by atoms with Crippen LogP contribution in [-0.2, 0) is 7.05 Å². The first-order valence-electron chi connectivity index (χ1n) is 11.5. The molecule has 1 aromatic heterocycles. The third-order valence-corrected chi connectivity index (χ3v) is 7.50. The van der Waals surface area contributed by atoms with Crippen molar-refractivity contribution in [1.82, 2.24) is 20.0 Å². The van der Waals surface area contributed by atoms with Gasteiger partial charge in [-0.25, -0.2) is 4.79 Å². The maximum atomic E-state index is 12.3. The van der Waals surface area contributed by atoms with Crippen LogP contribution >= 0.6 is 0 Å². The number of para-hydroxylation sites is 1. The second kappa shape index (κ2) is 8.42. The molecule has 0 spiro atoms. The second-order valence-corrected chi connectivity index (χ2v) is 9.34. The molecule has 1 aromatic carbocycles. The van der Waals surface area contributed by atoms with Crippen LogP contribution in [0.4, 0.5) is 10.5 Å². The first-order chi connectivity index (χ1) is 14.7. The molecule has 6 heteroatoms. The van der Waals surface area contributed by atoms with Gasteiger partial charge < -0.3 is 10.6 Å². The van der Waals surface area contributed by atoms with Crippen molar-refractivity contribution >= 4 is 11.7 Å². The Bertz CT molecular complexity index is 873. The quantitative estimate of drug-likeness (QED) is 0.785. The largest absolute Gasteiger partial charge is 0.336 e. The van der Waals surface area contributed by atoms with Crippen molar-refractivity contribution in [3.63, 3.8) is 0 Å². The Morgan fingerprint density at radius 1 is 1.17 bits per heavy atom. The van der Waals surface area contributed by atoms with E-state index in [9.17, 15) is 4.79 Å². The van der Waals surface area contributed by atoms with Crippen molar-refractivity contribution in [3.05, 3.63) is 47.8 Å². The van der Waals surface area contributed by atoms with Gasteiger partial charge in [-0.15, -0.1) is 0 Å². The van der Waals surface area contributed by atoms with Crippen molar-refractivity contribution in [2.24, 2.45) is 13.0 Å². The summed E-state index contributed by atoms with van der Waals surface area (Å²) in [4.78, 5) is 14.8. The molecule has 1 unspecified atom stereocenters. The van der Waals surface area contributed by atoms with E-state index < -0.39 is 0 Å². The number of nitrogens with one attached hydrogen (secondary N) is 2. The van der Waals surface area contributed by atoms with E-state index in [0.717, 1.165) is 25.2 Å². The zero-order valence-electron chi connectivity index (χ0n) is 17.9. The van der Waals surface area contributed by atoms with Gasteiger partial charge in [0.15, 0.2) is 0 Å². The van der Waals surface area contributed by atoms with Gasteiger partial charge in [0.25, 0.3) is 0 Å². The van der Waals surface area contributed by atoms with E-state index in [1.165, 1.54) is 43.5 Å². The van der Waals surface area contributed by atoms with Crippen LogP contribution in [0.1, 0.15) is 61.7 Å². The molecule has 2 bridgehead atoms. The van der Waals surface area contributed by atoms with E-state index in [2.05, 4.69) is 33.3 Å². The molecule has 4 aliphatic rings. The van der Waals surface area contributed by atoms with Crippen LogP contribution in [0, 0.1) is 5.92 Å². The van der Waals surface area contributed by atoms with Gasteiger partial charge in [0, 0.05) is 49.4 Å². The number of fused-ring (bicyclic) bond motifs is 3. The molecule has 4 fully saturated rings. The molecule has 30 heavy (non-hydrogen) atoms. The van der Waals surface area contributed by atoms with Crippen molar-refractivity contribution in [3.8, 4) is 0 Å². The number of aryl methyl sites for hydroxylation is 1. The van der Waals surface area contributed by atoms with Crippen LogP contribution in [0.3, 0.4) is 0 Å². The highest BCUT2D eigenvalue weighted by molar-refractivity contribution is 5.89. The molecule has 1 saturated carbocycles. The van der Waals surface area contributed by atoms with E-state index >= 15 is 0 Å². The molecular weight excluding hydrogens is 374 g/mol. The lowest BCUT2D eigenvalue weighted by Crippen LogP contribution is -2.56. The van der Waals surface area contributed by atoms with Crippen LogP contribution in [0.2, 0.25) is 0 Å². The minimum absolute atomic E-state index is 0.117. The molecule has 2 aromatic rings. The molecule has 160 valence electrons. The number of hydrogen-bond acceptors (Lipinski definition) is 3. The van der Waals surface area contributed by atoms with Crippen LogP contribution in [-0.4, -0.2) is 46.4 Å². The fourth-order valence-corrected chi connectivity index (χ4v) is 5.87. The number of benzene rings is 1. The number of urea groups is 1. The standard InChI is InChI=1S/C24H33N5O/c1-28-23(14-22(27-28)17-7-5-6-8-17)21-16-29-12-11-18(21)13-20(29)15-25-24(30)26-19-9-3-2-4-10-19/h2-4,9-10,14,17-18,20-21H,5-8,11-13,15-16H2,1H3,(H2,25,26,30)/t18-,20+,21+/m0/s1. The fourth-order valence-electron chi connectivity index (χ4n) is 5.87. The normalized spacial score (nSPS) is 28.6. The molecule has 6 rings (SSSR count). The number of carbonyl (C=O) groups excluding carboxylic acids is 1. The predicted octanol–water partition coefficient (Wildman–Crippen LogP) is 4.08. The first-order valence-corrected chi connectivity index (χ1v) is 11.5. The van der Waals surface area contributed by atoms with Crippen molar-refractivity contribution in [2.45, 2.75) is 56.4 Å². The molecule has 2 amide bonds. The van der Waals surface area contributed by atoms with Gasteiger partial charge in [0.05, 0.1) is 5.69 Å². The summed E-state index contributed by atoms with van der Waals surface area (Å²) in [6.45, 7) is 2.93. The molecule has 2 N–H and O–H groups in total. The van der Waals surface area contributed by atoms with E-state index in [1.54, 1.807) is 0 Å². The maximum Gasteiger partial charge on any atom is 0.319 e. The molecule has 4 heterocycles. The van der Waals surface area contributed by atoms with E-state index in [1.807, 2.05) is 30.3 Å². The van der Waals surface area contributed by atoms with Gasteiger partial charge in [0.2, 0.25) is 0 Å². The van der Waals surface area contributed by atoms with Crippen molar-refractivity contribution in [1.29, 1.82) is 0 Å². The van der Waals surface area contributed by atoms with Gasteiger partial charge >= 0.3 is 6.03 Å². The fraction of sp³-hybridized carbons (Fsp3) is 0.583. The number of anilines is 1. The third-order valence-electron chi connectivity index (χ3n) is 7.50. The molecule has 1 aliphatic carbocycles. The lowest BCUT2D eigenvalue weighted by atomic mass is 9.74. The van der Waals surface area contributed by atoms with Crippen molar-refractivity contribution < 1.29 is 4.79 Å². The zero-order valence-corrected chi connectivity index (χ0v) is 17.9. The summed E-state index contributed by atoms with van der Waals surface area (Å²) >= 11 is 0. The summed E-state index contributed by atoms with van der Waals surface area (Å²) in [6.07, 6.45) is 7.71. The molecule has 3 saturated heterocycles. The van der Waals surface area contributed by atoms with Crippen LogP contribution in [0.25, 0.3) is 0 Å². The number of aromatic nitrogens is 2. The Morgan fingerprint density at radius 2 is 1.97 bits per heavy atom. The lowest BCUT2D eigenvalue weighted by Gasteiger charge is -2.49. The van der Waals surface area contributed by atoms with Gasteiger partial charge in [0.1, 0.15) is 0 Å². The van der Waals surface area contributed by atoms with Gasteiger partial charge in [-0.05, 0) is 56.3 Å². The number of amides is 2. The number of piperidine rings is 3. The Morgan fingerprint density at radius 3 is 2.70 bits per heavy atom. The maximum absolute atomic E-state index is 12.3. The Kier molecular flexibility index (Phi) is 5.50. The topological polar surface area (TPSA) is 62.2 Å². The number of rotatable bonds is 5. The number of nitrogens with zero attached hydrogens (tertiary/aromatic N) is 3. The highest BCUT2D eigenvalue weighted by Crippen LogP contribution is 2.43. The minimum atomic E-state index is -0.117. The van der Waals surface area contributed by atoms with Crippen LogP contribution in [0.5, 0.6) is 0 Å². The summed E-state index contributed by atoms with van der Waals surface area (Å²) in [6, 6.07) is 12.3. The summed E-state index contributed by atoms with van der Waals surface area (Å²) in [5.74, 6) is 1.93. The zero-order chi connectivity index (χ0) is 20.5. The van der Waals surface area contributed by atoms with E-state index in [-0.39, 0.29) is 6.03 Å². The number of hydrogen-bond donors (Lipinski definition) is 2. The van der Waals surface area contributed by atoms with E-state index in [0.29, 0.717) is 30.3 Å². The minimum Gasteiger partial charge on any atom is -0.336 e. The van der Waals surface area contributed by atoms with Gasteiger partial charge in [-0.1, -0.05) is 31.0 Å². The molecule has 0 radical (unpaired) electrons. The SMILES string of the molecule is Cn1nc(C2CCCC2)cc1[C@@H]1CN2CC[C@H]1C[C@@H]2CNC(=O)Nc1ccccc1. The third kappa shape index (κ3) is 3.97. The Hall–Kier alpha value is -2.34. The average molecular weight is 408 g/mol. The van der Waals surface area contributed by atoms with Gasteiger partial charge in [-0.2, -0.15) is 5.10 Å². The number of carbonyl (C=O) groups is 1. The predicted molar refractivity (Wildman–Crippen MR) is 119 cm³/mol.